The molecule has 7 nitrogen and oxygen atoms in total. The molecule has 7 heteroatoms. The molecule has 0 aliphatic carbocycles. The molecule has 0 spiro atoms. The molecule has 1 aromatic rings. The number of amides is 1. The van der Waals surface area contributed by atoms with Gasteiger partial charge in [0.25, 0.3) is 0 Å². The van der Waals surface area contributed by atoms with Crippen LogP contribution >= 0.6 is 0 Å². The largest absolute Gasteiger partial charge is 0.444 e. The Morgan fingerprint density at radius 2 is 2.10 bits per heavy atom. The van der Waals surface area contributed by atoms with Gasteiger partial charge in [0.05, 0.1) is 6.04 Å². The van der Waals surface area contributed by atoms with Gasteiger partial charge in [-0.1, -0.05) is 19.0 Å². The first kappa shape index (κ1) is 16.4. The van der Waals surface area contributed by atoms with Crippen LogP contribution in [0.4, 0.5) is 4.79 Å². The summed E-state index contributed by atoms with van der Waals surface area (Å²) in [5, 5.41) is 16.5. The number of rotatable bonds is 5. The Kier molecular flexibility index (Phi) is 5.50. The molecule has 0 fully saturated rings. The second-order valence-electron chi connectivity index (χ2n) is 5.51. The van der Waals surface area contributed by atoms with E-state index >= 15 is 0 Å². The highest BCUT2D eigenvalue weighted by Gasteiger charge is 2.27. The third-order valence-corrected chi connectivity index (χ3v) is 2.57. The second kappa shape index (κ2) is 6.69. The van der Waals surface area contributed by atoms with E-state index in [9.17, 15) is 9.90 Å². The number of aromatic nitrogens is 2. The lowest BCUT2D eigenvalue weighted by Crippen LogP contribution is -2.42. The van der Waals surface area contributed by atoms with Crippen molar-refractivity contribution < 1.29 is 19.2 Å². The lowest BCUT2D eigenvalue weighted by atomic mass is 10.1. The first-order valence-electron chi connectivity index (χ1n) is 6.76. The number of aliphatic hydroxyl groups is 1. The molecular formula is C13H23N3O4. The van der Waals surface area contributed by atoms with Crippen molar-refractivity contribution in [3.63, 3.8) is 0 Å². The van der Waals surface area contributed by atoms with Crippen LogP contribution in [0.15, 0.2) is 4.52 Å². The summed E-state index contributed by atoms with van der Waals surface area (Å²) in [6, 6.07) is -0.535. The van der Waals surface area contributed by atoms with E-state index < -0.39 is 23.8 Å². The molecule has 1 heterocycles. The van der Waals surface area contributed by atoms with Gasteiger partial charge >= 0.3 is 6.09 Å². The first-order chi connectivity index (χ1) is 9.26. The molecule has 0 aliphatic heterocycles. The van der Waals surface area contributed by atoms with Crippen LogP contribution in [0, 0.1) is 0 Å². The summed E-state index contributed by atoms with van der Waals surface area (Å²) in [6.45, 7) is 9.04. The van der Waals surface area contributed by atoms with Crippen molar-refractivity contribution in [2.45, 2.75) is 65.2 Å². The summed E-state index contributed by atoms with van der Waals surface area (Å²) in [5.74, 6) is 0.621. The van der Waals surface area contributed by atoms with Crippen molar-refractivity contribution in [3.8, 4) is 0 Å². The average Bonchev–Trinajstić information content (AvgIpc) is 2.81. The van der Waals surface area contributed by atoms with Crippen LogP contribution in [-0.2, 0) is 11.2 Å². The summed E-state index contributed by atoms with van der Waals surface area (Å²) < 4.78 is 10.1. The number of nitrogens with zero attached hydrogens (tertiary/aromatic N) is 2. The molecule has 0 saturated heterocycles. The zero-order valence-electron chi connectivity index (χ0n) is 12.6. The van der Waals surface area contributed by atoms with Gasteiger partial charge in [0.15, 0.2) is 0 Å². The van der Waals surface area contributed by atoms with Crippen molar-refractivity contribution >= 4 is 6.09 Å². The summed E-state index contributed by atoms with van der Waals surface area (Å²) >= 11 is 0. The molecule has 1 aromatic heterocycles. The SMILES string of the molecule is CCc1nc(C(O)[C@H](CC)NC(=O)OC(C)(C)C)no1. The minimum atomic E-state index is -1.03. The lowest BCUT2D eigenvalue weighted by Gasteiger charge is -2.24. The Hall–Kier alpha value is -1.63. The molecule has 0 aliphatic rings. The number of ether oxygens (including phenoxy) is 1. The van der Waals surface area contributed by atoms with Crippen molar-refractivity contribution in [1.82, 2.24) is 15.5 Å². The van der Waals surface area contributed by atoms with Crippen molar-refractivity contribution in [3.05, 3.63) is 11.7 Å². The Morgan fingerprint density at radius 3 is 2.55 bits per heavy atom. The van der Waals surface area contributed by atoms with Crippen LogP contribution in [0.2, 0.25) is 0 Å². The number of aliphatic hydroxyl groups excluding tert-OH is 1. The Balaban J connectivity index is 2.67. The minimum Gasteiger partial charge on any atom is -0.444 e. The fourth-order valence-electron chi connectivity index (χ4n) is 1.57. The van der Waals surface area contributed by atoms with Crippen LogP contribution in [0.3, 0.4) is 0 Å². The number of hydrogen-bond acceptors (Lipinski definition) is 6. The number of carbonyl (C=O) groups is 1. The molecule has 1 unspecified atom stereocenters. The zero-order chi connectivity index (χ0) is 15.3. The Morgan fingerprint density at radius 1 is 1.45 bits per heavy atom. The van der Waals surface area contributed by atoms with E-state index in [2.05, 4.69) is 15.5 Å². The minimum absolute atomic E-state index is 0.171. The normalized spacial score (nSPS) is 14.7. The molecule has 2 N–H and O–H groups in total. The van der Waals surface area contributed by atoms with E-state index in [-0.39, 0.29) is 5.82 Å². The van der Waals surface area contributed by atoms with E-state index in [1.54, 1.807) is 20.8 Å². The predicted molar refractivity (Wildman–Crippen MR) is 72.1 cm³/mol. The van der Waals surface area contributed by atoms with Gasteiger partial charge in [-0.25, -0.2) is 4.79 Å². The molecule has 2 atom stereocenters. The van der Waals surface area contributed by atoms with E-state index in [1.165, 1.54) is 0 Å². The van der Waals surface area contributed by atoms with Gasteiger partial charge in [-0.15, -0.1) is 0 Å². The molecule has 0 bridgehead atoms. The van der Waals surface area contributed by atoms with E-state index in [0.717, 1.165) is 0 Å². The smallest absolute Gasteiger partial charge is 0.407 e. The standard InChI is InChI=1S/C13H23N3O4/c1-6-8(14-12(18)19-13(3,4)5)10(17)11-15-9(7-2)20-16-11/h8,10,17H,6-7H2,1-5H3,(H,14,18)/t8-,10?/m0/s1. The maximum absolute atomic E-state index is 11.7. The van der Waals surface area contributed by atoms with Gasteiger partial charge in [0.2, 0.25) is 11.7 Å². The highest BCUT2D eigenvalue weighted by atomic mass is 16.6. The van der Waals surface area contributed by atoms with Crippen LogP contribution < -0.4 is 5.32 Å². The summed E-state index contributed by atoms with van der Waals surface area (Å²) in [7, 11) is 0. The Labute approximate surface area is 118 Å². The summed E-state index contributed by atoms with van der Waals surface area (Å²) in [6.07, 6.45) is -0.508. The summed E-state index contributed by atoms with van der Waals surface area (Å²) in [4.78, 5) is 15.8. The quantitative estimate of drug-likeness (QED) is 0.858. The summed E-state index contributed by atoms with van der Waals surface area (Å²) in [5.41, 5.74) is -0.588. The van der Waals surface area contributed by atoms with Crippen LogP contribution in [-0.4, -0.2) is 33.0 Å². The lowest BCUT2D eigenvalue weighted by molar-refractivity contribution is 0.0406. The number of alkyl carbamates (subject to hydrolysis) is 1. The van der Waals surface area contributed by atoms with Crippen molar-refractivity contribution in [1.29, 1.82) is 0 Å². The van der Waals surface area contributed by atoms with E-state index in [0.29, 0.717) is 18.7 Å². The average molecular weight is 285 g/mol. The van der Waals surface area contributed by atoms with Crippen LogP contribution in [0.5, 0.6) is 0 Å². The fraction of sp³-hybridized carbons (Fsp3) is 0.769. The van der Waals surface area contributed by atoms with Gasteiger partial charge in [-0.05, 0) is 27.2 Å². The van der Waals surface area contributed by atoms with E-state index in [4.69, 9.17) is 9.26 Å². The maximum Gasteiger partial charge on any atom is 0.407 e. The maximum atomic E-state index is 11.7. The highest BCUT2D eigenvalue weighted by molar-refractivity contribution is 5.68. The molecule has 20 heavy (non-hydrogen) atoms. The van der Waals surface area contributed by atoms with Gasteiger partial charge in [0, 0.05) is 6.42 Å². The molecule has 114 valence electrons. The van der Waals surface area contributed by atoms with Gasteiger partial charge in [-0.3, -0.25) is 0 Å². The number of nitrogens with one attached hydrogen (secondary N) is 1. The molecule has 0 saturated carbocycles. The third-order valence-electron chi connectivity index (χ3n) is 2.57. The monoisotopic (exact) mass is 285 g/mol. The molecule has 1 rings (SSSR count). The van der Waals surface area contributed by atoms with Gasteiger partial charge in [-0.2, -0.15) is 4.98 Å². The number of carbonyl (C=O) groups excluding carboxylic acids is 1. The predicted octanol–water partition coefficient (Wildman–Crippen LogP) is 1.97. The molecule has 0 aromatic carbocycles. The van der Waals surface area contributed by atoms with E-state index in [1.807, 2.05) is 13.8 Å². The number of aryl methyl sites for hydroxylation is 1. The number of hydrogen-bond donors (Lipinski definition) is 2. The second-order valence-corrected chi connectivity index (χ2v) is 5.51. The first-order valence-corrected chi connectivity index (χ1v) is 6.76. The molecule has 1 amide bonds. The third kappa shape index (κ3) is 4.80. The molecule has 0 radical (unpaired) electrons. The fourth-order valence-corrected chi connectivity index (χ4v) is 1.57. The topological polar surface area (TPSA) is 97.5 Å². The van der Waals surface area contributed by atoms with Crippen molar-refractivity contribution in [2.24, 2.45) is 0 Å². The Bertz CT molecular complexity index is 439. The van der Waals surface area contributed by atoms with Crippen molar-refractivity contribution in [2.75, 3.05) is 0 Å². The van der Waals surface area contributed by atoms with Crippen LogP contribution in [0.1, 0.15) is 58.9 Å². The van der Waals surface area contributed by atoms with Gasteiger partial charge in [0.1, 0.15) is 11.7 Å². The molecular weight excluding hydrogens is 262 g/mol. The van der Waals surface area contributed by atoms with Crippen LogP contribution in [0.25, 0.3) is 0 Å². The zero-order valence-corrected chi connectivity index (χ0v) is 12.6. The highest BCUT2D eigenvalue weighted by Crippen LogP contribution is 2.17. The van der Waals surface area contributed by atoms with Gasteiger partial charge < -0.3 is 19.7 Å².